The summed E-state index contributed by atoms with van der Waals surface area (Å²) >= 11 is 0. The zero-order valence-corrected chi connectivity index (χ0v) is 41.8. The molecule has 2 nitrogen and oxygen atoms in total. The van der Waals surface area contributed by atoms with Crippen LogP contribution in [0, 0.1) is 0 Å². The third kappa shape index (κ3) is 8.19. The lowest BCUT2D eigenvalue weighted by molar-refractivity contribution is 1.18. The van der Waals surface area contributed by atoms with Crippen molar-refractivity contribution in [2.75, 3.05) is 4.90 Å². The Morgan fingerprint density at radius 2 is 0.539 bits per heavy atom. The van der Waals surface area contributed by atoms with Crippen molar-refractivity contribution in [1.29, 1.82) is 0 Å². The van der Waals surface area contributed by atoms with E-state index < -0.39 is 0 Å². The predicted octanol–water partition coefficient (Wildman–Crippen LogP) is 20.6. The van der Waals surface area contributed by atoms with Gasteiger partial charge in [-0.2, -0.15) is 0 Å². The van der Waals surface area contributed by atoms with Gasteiger partial charge < -0.3 is 9.47 Å². The van der Waals surface area contributed by atoms with Crippen LogP contribution in [0.3, 0.4) is 0 Å². The number of para-hydroxylation sites is 2. The van der Waals surface area contributed by atoms with E-state index in [1.807, 2.05) is 0 Å². The molecule has 2 heteroatoms. The predicted molar refractivity (Wildman–Crippen MR) is 323 cm³/mol. The smallest absolute Gasteiger partial charge is 0.0541 e. The molecule has 0 aliphatic rings. The molecule has 0 bridgehead atoms. The van der Waals surface area contributed by atoms with Gasteiger partial charge in [-0.1, -0.05) is 237 Å². The lowest BCUT2D eigenvalue weighted by Gasteiger charge is -2.26. The maximum absolute atomic E-state index is 2.37. The first-order chi connectivity index (χ1) is 37.7. The molecule has 76 heavy (non-hydrogen) atoms. The van der Waals surface area contributed by atoms with E-state index in [0.717, 1.165) is 17.1 Å². The van der Waals surface area contributed by atoms with E-state index in [-0.39, 0.29) is 0 Å². The summed E-state index contributed by atoms with van der Waals surface area (Å²) < 4.78 is 2.37. The molecule has 0 spiro atoms. The van der Waals surface area contributed by atoms with Crippen molar-refractivity contribution in [3.05, 3.63) is 303 Å². The highest BCUT2D eigenvalue weighted by atomic mass is 15.1. The van der Waals surface area contributed by atoms with Crippen LogP contribution in [-0.2, 0) is 0 Å². The Labute approximate surface area is 443 Å². The first-order valence-corrected chi connectivity index (χ1v) is 26.1. The van der Waals surface area contributed by atoms with E-state index in [4.69, 9.17) is 0 Å². The van der Waals surface area contributed by atoms with Crippen LogP contribution in [0.4, 0.5) is 17.1 Å². The molecule has 14 rings (SSSR count). The minimum Gasteiger partial charge on any atom is -0.311 e. The standard InChI is InChI=1S/C74H50N2/c1-2-16-63(17-3-1)76-73-23-9-8-20-71(73)72-50-62(42-49-74(72)76)57-34-32-54(33-35-57)53-26-24-51(25-27-53)52-28-30-55(31-29-52)56-36-43-64(44-37-56)75(65-45-38-60(39-46-65)69-21-10-14-58-12-4-6-18-67(58)69)66-47-40-61(41-48-66)70-22-11-15-59-13-5-7-19-68(59)70/h1-50H. The summed E-state index contributed by atoms with van der Waals surface area (Å²) in [5.74, 6) is 0. The normalized spacial score (nSPS) is 11.4. The Morgan fingerprint density at radius 3 is 1.00 bits per heavy atom. The number of nitrogens with zero attached hydrogens (tertiary/aromatic N) is 2. The van der Waals surface area contributed by atoms with Crippen molar-refractivity contribution in [3.63, 3.8) is 0 Å². The maximum Gasteiger partial charge on any atom is 0.0541 e. The SMILES string of the molecule is c1ccc(-n2c3ccccc3c3cc(-c4ccc(-c5ccc(-c6ccc(-c7ccc(N(c8ccc(-c9cccc%10ccccc9%10)cc8)c8ccc(-c9cccc%10ccccc9%10)cc8)cc7)cc6)cc5)cc4)ccc32)cc1. The topological polar surface area (TPSA) is 8.17 Å². The highest BCUT2D eigenvalue weighted by molar-refractivity contribution is 6.10. The molecule has 0 saturated carbocycles. The van der Waals surface area contributed by atoms with Gasteiger partial charge in [0.2, 0.25) is 0 Å². The molecule has 1 aromatic heterocycles. The lowest BCUT2D eigenvalue weighted by Crippen LogP contribution is -2.09. The monoisotopic (exact) mass is 966 g/mol. The van der Waals surface area contributed by atoms with Gasteiger partial charge in [-0.3, -0.25) is 0 Å². The number of hydrogen-bond acceptors (Lipinski definition) is 1. The van der Waals surface area contributed by atoms with Crippen LogP contribution >= 0.6 is 0 Å². The summed E-state index contributed by atoms with van der Waals surface area (Å²) in [6.45, 7) is 0. The number of anilines is 3. The third-order valence-corrected chi connectivity index (χ3v) is 15.3. The summed E-state index contributed by atoms with van der Waals surface area (Å²) in [6, 6.07) is 110. The second-order valence-electron chi connectivity index (χ2n) is 19.7. The van der Waals surface area contributed by atoms with Gasteiger partial charge in [-0.05, 0) is 155 Å². The van der Waals surface area contributed by atoms with Crippen LogP contribution < -0.4 is 4.90 Å². The molecule has 1 heterocycles. The van der Waals surface area contributed by atoms with Crippen molar-refractivity contribution in [2.24, 2.45) is 0 Å². The molecule has 0 unspecified atom stereocenters. The number of rotatable bonds is 10. The van der Waals surface area contributed by atoms with E-state index in [2.05, 4.69) is 313 Å². The fourth-order valence-corrected chi connectivity index (χ4v) is 11.4. The van der Waals surface area contributed by atoms with Crippen LogP contribution in [0.15, 0.2) is 303 Å². The number of aromatic nitrogens is 1. The molecule has 14 aromatic rings. The molecule has 0 amide bonds. The van der Waals surface area contributed by atoms with Gasteiger partial charge in [0.15, 0.2) is 0 Å². The highest BCUT2D eigenvalue weighted by Crippen LogP contribution is 2.41. The van der Waals surface area contributed by atoms with E-state index in [1.54, 1.807) is 0 Å². The maximum atomic E-state index is 2.37. The molecule has 0 fully saturated rings. The lowest BCUT2D eigenvalue weighted by atomic mass is 9.96. The van der Waals surface area contributed by atoms with E-state index >= 15 is 0 Å². The van der Waals surface area contributed by atoms with Crippen molar-refractivity contribution >= 4 is 60.4 Å². The summed E-state index contributed by atoms with van der Waals surface area (Å²) in [4.78, 5) is 2.36. The van der Waals surface area contributed by atoms with Gasteiger partial charge in [0.25, 0.3) is 0 Å². The molecule has 0 N–H and O–H groups in total. The Morgan fingerprint density at radius 1 is 0.211 bits per heavy atom. The zero-order chi connectivity index (χ0) is 50.4. The average Bonchev–Trinajstić information content (AvgIpc) is 3.88. The molecule has 0 radical (unpaired) electrons. The van der Waals surface area contributed by atoms with Gasteiger partial charge in [-0.25, -0.2) is 0 Å². The van der Waals surface area contributed by atoms with Crippen LogP contribution in [-0.4, -0.2) is 4.57 Å². The van der Waals surface area contributed by atoms with Crippen LogP contribution in [0.5, 0.6) is 0 Å². The fraction of sp³-hybridized carbons (Fsp3) is 0. The Kier molecular flexibility index (Phi) is 11.2. The molecule has 356 valence electrons. The Balaban J connectivity index is 0.709. The van der Waals surface area contributed by atoms with Crippen molar-refractivity contribution in [1.82, 2.24) is 4.57 Å². The van der Waals surface area contributed by atoms with Gasteiger partial charge in [0, 0.05) is 33.5 Å². The van der Waals surface area contributed by atoms with Crippen molar-refractivity contribution in [2.45, 2.75) is 0 Å². The molecular weight excluding hydrogens is 917 g/mol. The van der Waals surface area contributed by atoms with Gasteiger partial charge in [-0.15, -0.1) is 0 Å². The van der Waals surface area contributed by atoms with Crippen LogP contribution in [0.2, 0.25) is 0 Å². The first kappa shape index (κ1) is 44.7. The van der Waals surface area contributed by atoms with E-state index in [9.17, 15) is 0 Å². The second kappa shape index (κ2) is 19.1. The summed E-state index contributed by atoms with van der Waals surface area (Å²) in [6.07, 6.45) is 0. The minimum absolute atomic E-state index is 1.09. The van der Waals surface area contributed by atoms with Crippen LogP contribution in [0.1, 0.15) is 0 Å². The fourth-order valence-electron chi connectivity index (χ4n) is 11.4. The summed E-state index contributed by atoms with van der Waals surface area (Å²) in [5.41, 5.74) is 21.3. The average molecular weight is 967 g/mol. The van der Waals surface area contributed by atoms with E-state index in [0.29, 0.717) is 0 Å². The highest BCUT2D eigenvalue weighted by Gasteiger charge is 2.17. The number of benzene rings is 13. The quantitative estimate of drug-likeness (QED) is 0.133. The van der Waals surface area contributed by atoms with Gasteiger partial charge in [0.1, 0.15) is 0 Å². The van der Waals surface area contributed by atoms with Gasteiger partial charge in [0.05, 0.1) is 11.0 Å². The van der Waals surface area contributed by atoms with Crippen LogP contribution in [0.25, 0.3) is 116 Å². The third-order valence-electron chi connectivity index (χ3n) is 15.3. The largest absolute Gasteiger partial charge is 0.311 e. The molecule has 0 aliphatic carbocycles. The van der Waals surface area contributed by atoms with E-state index in [1.165, 1.54) is 116 Å². The first-order valence-electron chi connectivity index (χ1n) is 26.1. The number of hydrogen-bond donors (Lipinski definition) is 0. The van der Waals surface area contributed by atoms with Gasteiger partial charge >= 0.3 is 0 Å². The van der Waals surface area contributed by atoms with Crippen molar-refractivity contribution in [3.8, 4) is 72.4 Å². The molecule has 0 aliphatic heterocycles. The summed E-state index contributed by atoms with van der Waals surface area (Å²) in [7, 11) is 0. The Hall–Kier alpha value is -10.0. The molecular formula is C74H50N2. The zero-order valence-electron chi connectivity index (χ0n) is 41.8. The summed E-state index contributed by atoms with van der Waals surface area (Å²) in [5, 5.41) is 7.53. The molecule has 0 saturated heterocycles. The minimum atomic E-state index is 1.09. The molecule has 13 aromatic carbocycles. The molecule has 0 atom stereocenters. The number of fused-ring (bicyclic) bond motifs is 5. The second-order valence-corrected chi connectivity index (χ2v) is 19.7. The Bertz CT molecular complexity index is 4250. The van der Waals surface area contributed by atoms with Crippen molar-refractivity contribution < 1.29 is 0 Å².